The summed E-state index contributed by atoms with van der Waals surface area (Å²) in [5.41, 5.74) is 12.0. The summed E-state index contributed by atoms with van der Waals surface area (Å²) in [6.45, 7) is 4.65. The molecule has 3 heterocycles. The standard InChI is InChI=1S/C48H39N3S/c1-30-12-6-7-16-36(30)43-29-42(32-14-4-3-5-15-32)49-48(50-43)33-22-25-35(26-23-33)51-44-21-9-8-17-38(44)39-27-24-34(28-45(39)51)37-18-11-20-41-40-19-10-13-31(2)46(40)52-47(37)41/h3-11,14-22,24-31,33H,12-13,23H2,1-2H3. The zero-order valence-electron chi connectivity index (χ0n) is 29.5. The van der Waals surface area contributed by atoms with Crippen LogP contribution in [0.5, 0.6) is 0 Å². The van der Waals surface area contributed by atoms with Crippen LogP contribution < -0.4 is 0 Å². The average Bonchev–Trinajstić information content (AvgIpc) is 3.75. The molecule has 252 valence electrons. The van der Waals surface area contributed by atoms with Gasteiger partial charge in [0.2, 0.25) is 0 Å². The summed E-state index contributed by atoms with van der Waals surface area (Å²) in [7, 11) is 0. The topological polar surface area (TPSA) is 30.7 Å². The number of para-hydroxylation sites is 1. The number of hydrogen-bond donors (Lipinski definition) is 0. The van der Waals surface area contributed by atoms with Crippen molar-refractivity contribution in [3.63, 3.8) is 0 Å². The lowest BCUT2D eigenvalue weighted by Gasteiger charge is -2.21. The van der Waals surface area contributed by atoms with Gasteiger partial charge in [0, 0.05) is 42.9 Å². The van der Waals surface area contributed by atoms with Crippen LogP contribution in [0.15, 0.2) is 140 Å². The number of nitrogens with zero attached hydrogens (tertiary/aromatic N) is 3. The number of rotatable bonds is 5. The van der Waals surface area contributed by atoms with E-state index in [1.807, 2.05) is 11.3 Å². The SMILES string of the molecule is CC1CC=CC=C1c1cc(-c2ccccc2)nc(C2C=CC(n3c4ccccc4c4ccc(-c5cccc6c7c(sc56)C(C)CC=C7)cc43)=CC2)n1. The third kappa shape index (κ3) is 5.16. The zero-order chi connectivity index (χ0) is 34.8. The van der Waals surface area contributed by atoms with E-state index in [1.54, 1.807) is 0 Å². The van der Waals surface area contributed by atoms with Gasteiger partial charge in [0.25, 0.3) is 0 Å². The van der Waals surface area contributed by atoms with Gasteiger partial charge < -0.3 is 4.57 Å². The van der Waals surface area contributed by atoms with Gasteiger partial charge in [-0.1, -0.05) is 135 Å². The van der Waals surface area contributed by atoms with E-state index >= 15 is 0 Å². The Hall–Kier alpha value is -5.58. The number of thiophene rings is 1. The first-order chi connectivity index (χ1) is 25.6. The zero-order valence-corrected chi connectivity index (χ0v) is 30.3. The fraction of sp³-hybridized carbons (Fsp3) is 0.167. The molecule has 10 rings (SSSR count). The Morgan fingerprint density at radius 1 is 0.673 bits per heavy atom. The number of allylic oxidation sites excluding steroid dienone is 9. The molecule has 4 heteroatoms. The molecule has 0 saturated carbocycles. The molecule has 0 saturated heterocycles. The summed E-state index contributed by atoms with van der Waals surface area (Å²) >= 11 is 1.98. The highest BCUT2D eigenvalue weighted by Crippen LogP contribution is 2.46. The highest BCUT2D eigenvalue weighted by Gasteiger charge is 2.24. The summed E-state index contributed by atoms with van der Waals surface area (Å²) in [5, 5.41) is 3.92. The van der Waals surface area contributed by atoms with Crippen molar-refractivity contribution >= 4 is 60.6 Å². The van der Waals surface area contributed by atoms with E-state index in [1.165, 1.54) is 64.7 Å². The van der Waals surface area contributed by atoms with Crippen molar-refractivity contribution in [3.05, 3.63) is 162 Å². The van der Waals surface area contributed by atoms with Gasteiger partial charge in [0.05, 0.1) is 22.4 Å². The molecule has 0 amide bonds. The molecular weight excluding hydrogens is 651 g/mol. The van der Waals surface area contributed by atoms with Crippen molar-refractivity contribution in [3.8, 4) is 22.4 Å². The smallest absolute Gasteiger partial charge is 0.136 e. The van der Waals surface area contributed by atoms with Gasteiger partial charge in [-0.05, 0) is 77.6 Å². The highest BCUT2D eigenvalue weighted by molar-refractivity contribution is 7.20. The molecule has 0 spiro atoms. The second-order valence-electron chi connectivity index (χ2n) is 14.6. The normalized spacial score (nSPS) is 19.7. The average molecular weight is 690 g/mol. The van der Waals surface area contributed by atoms with E-state index in [0.717, 1.165) is 42.0 Å². The quantitative estimate of drug-likeness (QED) is 0.180. The van der Waals surface area contributed by atoms with E-state index in [0.29, 0.717) is 11.8 Å². The first-order valence-electron chi connectivity index (χ1n) is 18.6. The highest BCUT2D eigenvalue weighted by atomic mass is 32.1. The molecule has 0 N–H and O–H groups in total. The third-order valence-electron chi connectivity index (χ3n) is 11.2. The molecule has 3 unspecified atom stereocenters. The van der Waals surface area contributed by atoms with Crippen LogP contribution >= 0.6 is 11.3 Å². The molecule has 3 aliphatic rings. The minimum absolute atomic E-state index is 0.0868. The summed E-state index contributed by atoms with van der Waals surface area (Å²) in [4.78, 5) is 11.9. The largest absolute Gasteiger partial charge is 0.310 e. The minimum atomic E-state index is 0.0868. The first kappa shape index (κ1) is 31.2. The van der Waals surface area contributed by atoms with E-state index in [-0.39, 0.29) is 5.92 Å². The molecule has 3 aromatic heterocycles. The van der Waals surface area contributed by atoms with Crippen molar-refractivity contribution in [1.82, 2.24) is 14.5 Å². The fourth-order valence-corrected chi connectivity index (χ4v) is 9.81. The van der Waals surface area contributed by atoms with Gasteiger partial charge in [-0.2, -0.15) is 0 Å². The van der Waals surface area contributed by atoms with Crippen LogP contribution in [0.4, 0.5) is 0 Å². The molecule has 3 aliphatic carbocycles. The predicted molar refractivity (Wildman–Crippen MR) is 221 cm³/mol. The second kappa shape index (κ2) is 12.6. The maximum absolute atomic E-state index is 5.24. The second-order valence-corrected chi connectivity index (χ2v) is 15.6. The minimum Gasteiger partial charge on any atom is -0.310 e. The Labute approximate surface area is 308 Å². The molecular formula is C48H39N3S. The van der Waals surface area contributed by atoms with Crippen LogP contribution in [-0.4, -0.2) is 14.5 Å². The first-order valence-corrected chi connectivity index (χ1v) is 19.4. The van der Waals surface area contributed by atoms with Crippen LogP contribution in [0, 0.1) is 5.92 Å². The van der Waals surface area contributed by atoms with Crippen molar-refractivity contribution < 1.29 is 0 Å². The van der Waals surface area contributed by atoms with Gasteiger partial charge in [0.15, 0.2) is 0 Å². The summed E-state index contributed by atoms with van der Waals surface area (Å²) in [5.74, 6) is 1.95. The van der Waals surface area contributed by atoms with Gasteiger partial charge >= 0.3 is 0 Å². The molecule has 4 aromatic carbocycles. The number of aromatic nitrogens is 3. The predicted octanol–water partition coefficient (Wildman–Crippen LogP) is 13.2. The van der Waals surface area contributed by atoms with Crippen LogP contribution in [0.2, 0.25) is 0 Å². The van der Waals surface area contributed by atoms with Crippen LogP contribution in [-0.2, 0) is 0 Å². The lowest BCUT2D eigenvalue weighted by atomic mass is 9.90. The van der Waals surface area contributed by atoms with E-state index in [2.05, 4.69) is 164 Å². The van der Waals surface area contributed by atoms with Crippen molar-refractivity contribution in [2.24, 2.45) is 5.92 Å². The Morgan fingerprint density at radius 3 is 2.35 bits per heavy atom. The Kier molecular flexibility index (Phi) is 7.54. The number of benzene rings is 4. The van der Waals surface area contributed by atoms with E-state index in [9.17, 15) is 0 Å². The number of hydrogen-bond acceptors (Lipinski definition) is 3. The maximum Gasteiger partial charge on any atom is 0.136 e. The lowest BCUT2D eigenvalue weighted by molar-refractivity contribution is 0.738. The van der Waals surface area contributed by atoms with Crippen LogP contribution in [0.25, 0.3) is 71.6 Å². The van der Waals surface area contributed by atoms with Gasteiger partial charge in [-0.3, -0.25) is 0 Å². The third-order valence-corrected chi connectivity index (χ3v) is 12.7. The summed E-state index contributed by atoms with van der Waals surface area (Å²) in [6, 6.07) is 35.4. The molecule has 52 heavy (non-hydrogen) atoms. The molecule has 3 atom stereocenters. The Bertz CT molecular complexity index is 2700. The van der Waals surface area contributed by atoms with Gasteiger partial charge in [0.1, 0.15) is 5.82 Å². The maximum atomic E-state index is 5.24. The van der Waals surface area contributed by atoms with Crippen molar-refractivity contribution in [2.45, 2.75) is 44.9 Å². The monoisotopic (exact) mass is 689 g/mol. The van der Waals surface area contributed by atoms with Gasteiger partial charge in [-0.15, -0.1) is 11.3 Å². The summed E-state index contributed by atoms with van der Waals surface area (Å²) in [6.07, 6.45) is 21.3. The Morgan fingerprint density at radius 2 is 1.48 bits per heavy atom. The van der Waals surface area contributed by atoms with Crippen LogP contribution in [0.1, 0.15) is 66.9 Å². The fourth-order valence-electron chi connectivity index (χ4n) is 8.42. The molecule has 0 bridgehead atoms. The molecule has 0 radical (unpaired) electrons. The van der Waals surface area contributed by atoms with E-state index in [4.69, 9.17) is 9.97 Å². The number of fused-ring (bicyclic) bond motifs is 6. The lowest BCUT2D eigenvalue weighted by Crippen LogP contribution is -2.10. The van der Waals surface area contributed by atoms with Crippen molar-refractivity contribution in [1.29, 1.82) is 0 Å². The molecule has 7 aromatic rings. The van der Waals surface area contributed by atoms with Crippen LogP contribution in [0.3, 0.4) is 0 Å². The Balaban J connectivity index is 1.06. The molecule has 0 fully saturated rings. The van der Waals surface area contributed by atoms with E-state index < -0.39 is 0 Å². The molecule has 3 nitrogen and oxygen atoms in total. The van der Waals surface area contributed by atoms with Gasteiger partial charge in [-0.25, -0.2) is 9.97 Å². The molecule has 0 aliphatic heterocycles. The van der Waals surface area contributed by atoms with Crippen molar-refractivity contribution in [2.75, 3.05) is 0 Å². The summed E-state index contributed by atoms with van der Waals surface area (Å²) < 4.78 is 3.85.